The van der Waals surface area contributed by atoms with Crippen molar-refractivity contribution in [2.24, 2.45) is 5.41 Å². The van der Waals surface area contributed by atoms with Crippen LogP contribution in [0.3, 0.4) is 0 Å². The number of carbonyl (C=O) groups excluding carboxylic acids is 1. The highest BCUT2D eigenvalue weighted by Gasteiger charge is 2.36. The Morgan fingerprint density at radius 1 is 1.14 bits per heavy atom. The Morgan fingerprint density at radius 2 is 1.83 bits per heavy atom. The standard InChI is InChI=1S/C26H29ClFN3O5/c1-25(2,3)26(4,35)15-36-22-13-21(30-31(22)17-9-7-8-16(28)12-17)24(34)29-20(14-23(32)33)18-10-5-6-11-19(18)27/h5-13,20,35H,14-15H2,1-4H3,(H,29,34)(H,32,33)/t20-,26+/m0/s1. The summed E-state index contributed by atoms with van der Waals surface area (Å²) in [6.07, 6.45) is -0.405. The van der Waals surface area contributed by atoms with Crippen LogP contribution in [0.2, 0.25) is 5.02 Å². The molecule has 1 aromatic heterocycles. The number of aliphatic carboxylic acids is 1. The minimum absolute atomic E-state index is 0.0906. The lowest BCUT2D eigenvalue weighted by Gasteiger charge is -2.36. The van der Waals surface area contributed by atoms with Gasteiger partial charge in [-0.15, -0.1) is 0 Å². The van der Waals surface area contributed by atoms with Crippen LogP contribution in [0.4, 0.5) is 4.39 Å². The van der Waals surface area contributed by atoms with Crippen molar-refractivity contribution in [2.75, 3.05) is 6.61 Å². The molecule has 0 saturated heterocycles. The number of aromatic nitrogens is 2. The Balaban J connectivity index is 1.95. The Kier molecular flexibility index (Phi) is 8.05. The van der Waals surface area contributed by atoms with Gasteiger partial charge >= 0.3 is 5.97 Å². The van der Waals surface area contributed by atoms with Crippen LogP contribution < -0.4 is 10.1 Å². The van der Waals surface area contributed by atoms with E-state index < -0.39 is 41.2 Å². The molecule has 0 aliphatic heterocycles. The van der Waals surface area contributed by atoms with Gasteiger partial charge in [0, 0.05) is 11.1 Å². The first-order chi connectivity index (χ1) is 16.8. The molecule has 2 aromatic carbocycles. The quantitative estimate of drug-likeness (QED) is 0.376. The summed E-state index contributed by atoms with van der Waals surface area (Å²) >= 11 is 6.23. The number of nitrogens with one attached hydrogen (secondary N) is 1. The number of aliphatic hydroxyl groups is 1. The topological polar surface area (TPSA) is 114 Å². The molecule has 0 spiro atoms. The zero-order valence-electron chi connectivity index (χ0n) is 20.5. The minimum atomic E-state index is -1.23. The molecule has 1 heterocycles. The van der Waals surface area contributed by atoms with Gasteiger partial charge in [-0.1, -0.05) is 56.6 Å². The Labute approximate surface area is 213 Å². The van der Waals surface area contributed by atoms with Crippen molar-refractivity contribution in [3.8, 4) is 11.6 Å². The van der Waals surface area contributed by atoms with E-state index in [1.807, 2.05) is 20.8 Å². The Morgan fingerprint density at radius 3 is 2.44 bits per heavy atom. The van der Waals surface area contributed by atoms with Gasteiger partial charge in [-0.05, 0) is 42.2 Å². The number of ether oxygens (including phenoxy) is 1. The van der Waals surface area contributed by atoms with Gasteiger partial charge in [0.05, 0.1) is 18.2 Å². The van der Waals surface area contributed by atoms with Gasteiger partial charge in [-0.25, -0.2) is 9.07 Å². The van der Waals surface area contributed by atoms with Crippen LogP contribution in [-0.4, -0.2) is 44.1 Å². The highest BCUT2D eigenvalue weighted by atomic mass is 35.5. The summed E-state index contributed by atoms with van der Waals surface area (Å²) in [5.41, 5.74) is -1.10. The van der Waals surface area contributed by atoms with Gasteiger partial charge in [-0.3, -0.25) is 9.59 Å². The molecule has 0 bridgehead atoms. The summed E-state index contributed by atoms with van der Waals surface area (Å²) in [4.78, 5) is 24.6. The average molecular weight is 518 g/mol. The van der Waals surface area contributed by atoms with Crippen LogP contribution >= 0.6 is 11.6 Å². The summed E-state index contributed by atoms with van der Waals surface area (Å²) in [5, 5.41) is 27.4. The van der Waals surface area contributed by atoms with E-state index in [0.29, 0.717) is 16.3 Å². The highest BCUT2D eigenvalue weighted by Crippen LogP contribution is 2.31. The second-order valence-electron chi connectivity index (χ2n) is 9.72. The van der Waals surface area contributed by atoms with Crippen LogP contribution in [0, 0.1) is 11.2 Å². The molecule has 0 aliphatic rings. The fraction of sp³-hybridized carbons (Fsp3) is 0.346. The lowest BCUT2D eigenvalue weighted by Crippen LogP contribution is -2.45. The maximum atomic E-state index is 13.9. The molecule has 0 fully saturated rings. The number of benzene rings is 2. The van der Waals surface area contributed by atoms with Gasteiger partial charge in [0.15, 0.2) is 5.69 Å². The van der Waals surface area contributed by atoms with Crippen molar-refractivity contribution < 1.29 is 28.9 Å². The van der Waals surface area contributed by atoms with E-state index in [1.165, 1.54) is 28.9 Å². The summed E-state index contributed by atoms with van der Waals surface area (Å²) in [7, 11) is 0. The van der Waals surface area contributed by atoms with E-state index >= 15 is 0 Å². The van der Waals surface area contributed by atoms with E-state index in [0.717, 1.165) is 0 Å². The molecular formula is C26H29ClFN3O5. The third kappa shape index (κ3) is 6.41. The van der Waals surface area contributed by atoms with Crippen LogP contribution in [0.5, 0.6) is 5.88 Å². The summed E-state index contributed by atoms with van der Waals surface area (Å²) in [6, 6.07) is 12.6. The predicted octanol–water partition coefficient (Wildman–Crippen LogP) is 4.79. The van der Waals surface area contributed by atoms with E-state index in [2.05, 4.69) is 10.4 Å². The number of hydrogen-bond donors (Lipinski definition) is 3. The first-order valence-electron chi connectivity index (χ1n) is 11.3. The number of carboxylic acids is 1. The molecule has 10 heteroatoms. The molecule has 3 rings (SSSR count). The van der Waals surface area contributed by atoms with Gasteiger partial charge in [-0.2, -0.15) is 5.10 Å². The van der Waals surface area contributed by atoms with E-state index in [9.17, 15) is 24.2 Å². The van der Waals surface area contributed by atoms with Crippen LogP contribution in [0.1, 0.15) is 56.2 Å². The average Bonchev–Trinajstić information content (AvgIpc) is 3.21. The van der Waals surface area contributed by atoms with E-state index in [-0.39, 0.29) is 18.2 Å². The number of rotatable bonds is 9. The minimum Gasteiger partial charge on any atom is -0.481 e. The number of nitrogens with zero attached hydrogens (tertiary/aromatic N) is 2. The smallest absolute Gasteiger partial charge is 0.305 e. The highest BCUT2D eigenvalue weighted by molar-refractivity contribution is 6.31. The Bertz CT molecular complexity index is 1250. The largest absolute Gasteiger partial charge is 0.481 e. The summed E-state index contributed by atoms with van der Waals surface area (Å²) in [5.74, 6) is -2.22. The maximum absolute atomic E-state index is 13.9. The molecule has 192 valence electrons. The summed E-state index contributed by atoms with van der Waals surface area (Å²) in [6.45, 7) is 7.08. The predicted molar refractivity (Wildman–Crippen MR) is 133 cm³/mol. The number of carbonyl (C=O) groups is 2. The van der Waals surface area contributed by atoms with Crippen LogP contribution in [0.15, 0.2) is 54.6 Å². The molecule has 0 unspecified atom stereocenters. The van der Waals surface area contributed by atoms with Crippen molar-refractivity contribution in [1.82, 2.24) is 15.1 Å². The molecule has 36 heavy (non-hydrogen) atoms. The van der Waals surface area contributed by atoms with Crippen molar-refractivity contribution in [1.29, 1.82) is 0 Å². The molecule has 8 nitrogen and oxygen atoms in total. The molecule has 3 N–H and O–H groups in total. The molecule has 1 amide bonds. The van der Waals surface area contributed by atoms with E-state index in [4.69, 9.17) is 16.3 Å². The number of halogens is 2. The maximum Gasteiger partial charge on any atom is 0.305 e. The second-order valence-corrected chi connectivity index (χ2v) is 10.1. The second kappa shape index (κ2) is 10.7. The van der Waals surface area contributed by atoms with Gasteiger partial charge in [0.25, 0.3) is 5.91 Å². The first-order valence-corrected chi connectivity index (χ1v) is 11.6. The molecular weight excluding hydrogens is 489 g/mol. The lowest BCUT2D eigenvalue weighted by atomic mass is 9.78. The molecule has 2 atom stereocenters. The lowest BCUT2D eigenvalue weighted by molar-refractivity contribution is -0.137. The number of carboxylic acid groups (broad SMARTS) is 1. The molecule has 0 aliphatic carbocycles. The zero-order valence-corrected chi connectivity index (χ0v) is 21.2. The van der Waals surface area contributed by atoms with Crippen LogP contribution in [-0.2, 0) is 4.79 Å². The van der Waals surface area contributed by atoms with Crippen molar-refractivity contribution in [3.05, 3.63) is 76.7 Å². The first kappa shape index (κ1) is 27.2. The normalized spacial score (nSPS) is 14.1. The number of hydrogen-bond acceptors (Lipinski definition) is 5. The number of amides is 1. The summed E-state index contributed by atoms with van der Waals surface area (Å²) < 4.78 is 21.0. The van der Waals surface area contributed by atoms with Crippen LogP contribution in [0.25, 0.3) is 5.69 Å². The van der Waals surface area contributed by atoms with Gasteiger partial charge in [0.2, 0.25) is 5.88 Å². The van der Waals surface area contributed by atoms with E-state index in [1.54, 1.807) is 37.3 Å². The van der Waals surface area contributed by atoms with Crippen molar-refractivity contribution in [3.63, 3.8) is 0 Å². The molecule has 0 saturated carbocycles. The molecule has 3 aromatic rings. The fourth-order valence-electron chi connectivity index (χ4n) is 3.20. The van der Waals surface area contributed by atoms with Crippen molar-refractivity contribution in [2.45, 2.75) is 45.8 Å². The Hall–Kier alpha value is -3.43. The zero-order chi connectivity index (χ0) is 26.7. The fourth-order valence-corrected chi connectivity index (χ4v) is 3.47. The third-order valence-electron chi connectivity index (χ3n) is 6.04. The van der Waals surface area contributed by atoms with Gasteiger partial charge < -0.3 is 20.3 Å². The SMILES string of the molecule is CC(C)(C)[C@](C)(O)COc1cc(C(=O)N[C@@H](CC(=O)O)c2ccccc2Cl)nn1-c1cccc(F)c1. The van der Waals surface area contributed by atoms with Crippen molar-refractivity contribution >= 4 is 23.5 Å². The van der Waals surface area contributed by atoms with Gasteiger partial charge in [0.1, 0.15) is 18.0 Å². The molecule has 0 radical (unpaired) electrons. The third-order valence-corrected chi connectivity index (χ3v) is 6.39. The monoisotopic (exact) mass is 517 g/mol.